The molecule has 2 aromatic heterocycles. The molecule has 0 unspecified atom stereocenters. The number of nitrogens with one attached hydrogen (secondary N) is 2. The molecule has 1 saturated heterocycles. The summed E-state index contributed by atoms with van der Waals surface area (Å²) in [5, 5.41) is 9.00. The van der Waals surface area contributed by atoms with E-state index in [9.17, 15) is 27.2 Å². The van der Waals surface area contributed by atoms with E-state index in [-0.39, 0.29) is 41.5 Å². The van der Waals surface area contributed by atoms with Crippen molar-refractivity contribution in [1.29, 1.82) is 0 Å². The van der Waals surface area contributed by atoms with Gasteiger partial charge in [-0.3, -0.25) is 0 Å². The fourth-order valence-electron chi connectivity index (χ4n) is 4.89. The Morgan fingerprint density at radius 3 is 2.64 bits per heavy atom. The number of alkyl halides is 4. The summed E-state index contributed by atoms with van der Waals surface area (Å²) in [4.78, 5) is 30.5. The maximum Gasteiger partial charge on any atom is 0.408 e. The molecule has 15 heteroatoms. The van der Waals surface area contributed by atoms with Gasteiger partial charge in [0.1, 0.15) is 5.60 Å². The van der Waals surface area contributed by atoms with Gasteiger partial charge >= 0.3 is 12.1 Å². The number of amides is 3. The van der Waals surface area contributed by atoms with E-state index < -0.39 is 67.1 Å². The van der Waals surface area contributed by atoms with E-state index in [0.717, 1.165) is 4.90 Å². The molecular weight excluding hydrogens is 548 g/mol. The summed E-state index contributed by atoms with van der Waals surface area (Å²) in [6.45, 7) is 3.24. The highest BCUT2D eigenvalue weighted by molar-refractivity contribution is 6.30. The Balaban J connectivity index is 1.70. The highest BCUT2D eigenvalue weighted by Gasteiger charge is 2.45. The van der Waals surface area contributed by atoms with Crippen molar-refractivity contribution in [2.75, 3.05) is 26.8 Å². The third-order valence-electron chi connectivity index (χ3n) is 6.58. The van der Waals surface area contributed by atoms with Crippen LogP contribution in [-0.2, 0) is 9.47 Å². The number of ether oxygens (including phenoxy) is 2. The van der Waals surface area contributed by atoms with E-state index in [1.54, 1.807) is 20.8 Å². The number of hydrogen-bond acceptors (Lipinski definition) is 6. The summed E-state index contributed by atoms with van der Waals surface area (Å²) in [5.74, 6) is -6.68. The van der Waals surface area contributed by atoms with Crippen molar-refractivity contribution in [1.82, 2.24) is 30.1 Å². The summed E-state index contributed by atoms with van der Waals surface area (Å²) in [6.07, 6.45) is 0.0386. The number of aromatic nitrogens is 3. The first-order valence-corrected chi connectivity index (χ1v) is 12.8. The molecule has 0 spiro atoms. The van der Waals surface area contributed by atoms with Gasteiger partial charge in [0.15, 0.2) is 10.8 Å². The van der Waals surface area contributed by atoms with Gasteiger partial charge in [0.25, 0.3) is 5.92 Å². The van der Waals surface area contributed by atoms with Gasteiger partial charge in [0.05, 0.1) is 43.7 Å². The molecule has 2 N–H and O–H groups in total. The summed E-state index contributed by atoms with van der Waals surface area (Å²) in [7, 11) is 1.35. The molecule has 216 valence electrons. The van der Waals surface area contributed by atoms with Crippen LogP contribution in [0.2, 0.25) is 5.15 Å². The molecule has 1 saturated carbocycles. The number of imidazole rings is 1. The van der Waals surface area contributed by atoms with Crippen LogP contribution < -0.4 is 10.6 Å². The molecule has 0 aromatic carbocycles. The number of alkyl carbamates (subject to hydrolysis) is 1. The highest BCUT2D eigenvalue weighted by atomic mass is 35.5. The summed E-state index contributed by atoms with van der Waals surface area (Å²) in [6, 6.07) is -1.18. The predicted octanol–water partition coefficient (Wildman–Crippen LogP) is 4.73. The predicted molar refractivity (Wildman–Crippen MR) is 132 cm³/mol. The maximum absolute atomic E-state index is 14.1. The second kappa shape index (κ2) is 10.6. The van der Waals surface area contributed by atoms with Crippen LogP contribution in [0.4, 0.5) is 27.2 Å². The highest BCUT2D eigenvalue weighted by Crippen LogP contribution is 2.44. The van der Waals surface area contributed by atoms with Crippen LogP contribution in [0.25, 0.3) is 5.65 Å². The molecule has 2 fully saturated rings. The van der Waals surface area contributed by atoms with Gasteiger partial charge in [-0.1, -0.05) is 11.6 Å². The average molecular weight is 579 g/mol. The van der Waals surface area contributed by atoms with Crippen molar-refractivity contribution in [2.24, 2.45) is 5.92 Å². The SMILES string of the molecule is COC[C@H](c1cc2nc([C@H](NC(=O)OC(C)(C)C)[C@@H]3CCC(F)(F)C3)cn2nc1Cl)N1CC(F)(F)CNC1=O. The van der Waals surface area contributed by atoms with Crippen molar-refractivity contribution < 1.29 is 36.6 Å². The van der Waals surface area contributed by atoms with Crippen LogP contribution in [0, 0.1) is 5.92 Å². The van der Waals surface area contributed by atoms with Crippen molar-refractivity contribution in [3.05, 3.63) is 28.7 Å². The third-order valence-corrected chi connectivity index (χ3v) is 6.87. The number of rotatable bonds is 7. The molecule has 3 amide bonds. The molecular formula is C24H31ClF4N6O4. The summed E-state index contributed by atoms with van der Waals surface area (Å²) >= 11 is 6.43. The lowest BCUT2D eigenvalue weighted by molar-refractivity contribution is -0.0509. The molecule has 1 aliphatic carbocycles. The zero-order valence-electron chi connectivity index (χ0n) is 21.9. The molecule has 10 nitrogen and oxygen atoms in total. The van der Waals surface area contributed by atoms with E-state index in [1.807, 2.05) is 0 Å². The standard InChI is InChI=1S/C24H31ClF4N6O4/c1-22(2,3)39-21(37)32-18(13-5-6-23(26,27)8-13)15-9-35-17(31-15)7-14(19(25)33-35)16(10-38-4)34-12-24(28,29)11-30-20(34)36/h7,9,13,16,18H,5-6,8,10-12H2,1-4H3,(H,30,36)(H,32,37)/t13-,16-,18-/m1/s1. The Labute approximate surface area is 227 Å². The third kappa shape index (κ3) is 6.83. The second-order valence-electron chi connectivity index (χ2n) is 11.0. The van der Waals surface area contributed by atoms with E-state index in [4.69, 9.17) is 21.1 Å². The van der Waals surface area contributed by atoms with E-state index in [2.05, 4.69) is 20.7 Å². The number of halogens is 5. The molecule has 2 aromatic rings. The van der Waals surface area contributed by atoms with Crippen molar-refractivity contribution >= 4 is 29.4 Å². The fraction of sp³-hybridized carbons (Fsp3) is 0.667. The average Bonchev–Trinajstić information content (AvgIpc) is 3.38. The molecule has 3 atom stereocenters. The van der Waals surface area contributed by atoms with Crippen LogP contribution in [0.1, 0.15) is 63.4 Å². The van der Waals surface area contributed by atoms with Gasteiger partial charge in [0, 0.05) is 25.5 Å². The van der Waals surface area contributed by atoms with Gasteiger partial charge in [0.2, 0.25) is 5.92 Å². The Morgan fingerprint density at radius 2 is 2.03 bits per heavy atom. The van der Waals surface area contributed by atoms with Crippen LogP contribution >= 0.6 is 11.6 Å². The van der Waals surface area contributed by atoms with E-state index in [1.165, 1.54) is 23.9 Å². The number of carbonyl (C=O) groups excluding carboxylic acids is 2. The molecule has 3 heterocycles. The molecule has 39 heavy (non-hydrogen) atoms. The molecule has 0 bridgehead atoms. The van der Waals surface area contributed by atoms with Gasteiger partial charge in [-0.25, -0.2) is 36.7 Å². The lowest BCUT2D eigenvalue weighted by Gasteiger charge is -2.38. The number of nitrogens with zero attached hydrogens (tertiary/aromatic N) is 4. The second-order valence-corrected chi connectivity index (χ2v) is 11.3. The van der Waals surface area contributed by atoms with Gasteiger partial charge in [-0.05, 0) is 39.2 Å². The largest absolute Gasteiger partial charge is 0.444 e. The van der Waals surface area contributed by atoms with Crippen LogP contribution in [0.3, 0.4) is 0 Å². The van der Waals surface area contributed by atoms with Gasteiger partial charge in [-0.2, -0.15) is 5.10 Å². The number of fused-ring (bicyclic) bond motifs is 1. The van der Waals surface area contributed by atoms with Crippen LogP contribution in [0.5, 0.6) is 0 Å². The fourth-order valence-corrected chi connectivity index (χ4v) is 5.16. The minimum absolute atomic E-state index is 0.0979. The first kappa shape index (κ1) is 29.1. The molecule has 0 radical (unpaired) electrons. The Kier molecular flexibility index (Phi) is 7.92. The Bertz CT molecular complexity index is 1240. The number of carbonyl (C=O) groups is 2. The Morgan fingerprint density at radius 1 is 1.31 bits per heavy atom. The van der Waals surface area contributed by atoms with E-state index in [0.29, 0.717) is 0 Å². The first-order valence-electron chi connectivity index (χ1n) is 12.4. The topological polar surface area (TPSA) is 110 Å². The normalized spacial score (nSPS) is 22.4. The zero-order chi connectivity index (χ0) is 28.8. The molecule has 4 rings (SSSR count). The molecule has 1 aliphatic heterocycles. The lowest BCUT2D eigenvalue weighted by atomic mass is 9.95. The van der Waals surface area contributed by atoms with E-state index >= 15 is 0 Å². The lowest BCUT2D eigenvalue weighted by Crippen LogP contribution is -2.58. The quantitative estimate of drug-likeness (QED) is 0.460. The number of hydrogen-bond donors (Lipinski definition) is 2. The maximum atomic E-state index is 14.1. The van der Waals surface area contributed by atoms with Crippen molar-refractivity contribution in [3.63, 3.8) is 0 Å². The number of urea groups is 1. The smallest absolute Gasteiger partial charge is 0.408 e. The summed E-state index contributed by atoms with van der Waals surface area (Å²) < 4.78 is 68.3. The monoisotopic (exact) mass is 578 g/mol. The number of methoxy groups -OCH3 is 1. The summed E-state index contributed by atoms with van der Waals surface area (Å²) in [5.41, 5.74) is -0.157. The minimum Gasteiger partial charge on any atom is -0.444 e. The molecule has 2 aliphatic rings. The minimum atomic E-state index is -3.17. The first-order chi connectivity index (χ1) is 18.1. The van der Waals surface area contributed by atoms with Crippen LogP contribution in [0.15, 0.2) is 12.3 Å². The Hall–Kier alpha value is -2.87. The zero-order valence-corrected chi connectivity index (χ0v) is 22.7. The van der Waals surface area contributed by atoms with Crippen molar-refractivity contribution in [3.8, 4) is 0 Å². The van der Waals surface area contributed by atoms with Gasteiger partial charge < -0.3 is 25.0 Å². The van der Waals surface area contributed by atoms with Gasteiger partial charge in [-0.15, -0.1) is 0 Å². The van der Waals surface area contributed by atoms with Crippen LogP contribution in [-0.4, -0.2) is 75.9 Å². The van der Waals surface area contributed by atoms with Crippen molar-refractivity contribution in [2.45, 2.75) is 69.6 Å².